The minimum atomic E-state index is -0.168. The van der Waals surface area contributed by atoms with Crippen LogP contribution in [-0.2, 0) is 9.59 Å². The van der Waals surface area contributed by atoms with Gasteiger partial charge in [0.15, 0.2) is 0 Å². The predicted molar refractivity (Wildman–Crippen MR) is 53.8 cm³/mol. The Morgan fingerprint density at radius 2 is 1.80 bits per heavy atom. The first-order chi connectivity index (χ1) is 6.92. The molecule has 2 amide bonds. The van der Waals surface area contributed by atoms with Crippen molar-refractivity contribution < 1.29 is 14.7 Å². The lowest BCUT2D eigenvalue weighted by molar-refractivity contribution is -0.145. The lowest BCUT2D eigenvalue weighted by Gasteiger charge is -2.26. The molecular weight excluding hydrogens is 194 g/mol. The molecule has 4 nitrogen and oxygen atoms in total. The van der Waals surface area contributed by atoms with E-state index in [1.54, 1.807) is 0 Å². The lowest BCUT2D eigenvalue weighted by Crippen LogP contribution is -2.42. The van der Waals surface area contributed by atoms with Gasteiger partial charge in [-0.2, -0.15) is 0 Å². The molecule has 2 aliphatic rings. The largest absolute Gasteiger partial charge is 0.396 e. The Bertz CT molecular complexity index is 300. The van der Waals surface area contributed by atoms with E-state index in [2.05, 4.69) is 0 Å². The first kappa shape index (κ1) is 10.6. The minimum Gasteiger partial charge on any atom is -0.396 e. The number of hydrogen-bond donors (Lipinski definition) is 1. The molecule has 15 heavy (non-hydrogen) atoms. The van der Waals surface area contributed by atoms with E-state index in [0.29, 0.717) is 6.42 Å². The maximum Gasteiger partial charge on any atom is 0.233 e. The Balaban J connectivity index is 2.14. The quantitative estimate of drug-likeness (QED) is 0.687. The van der Waals surface area contributed by atoms with Gasteiger partial charge in [0.2, 0.25) is 11.8 Å². The van der Waals surface area contributed by atoms with Crippen LogP contribution in [0.25, 0.3) is 0 Å². The highest BCUT2D eigenvalue weighted by Gasteiger charge is 2.72. The molecule has 1 saturated carbocycles. The van der Waals surface area contributed by atoms with Crippen molar-refractivity contribution in [2.45, 2.75) is 33.2 Å². The number of likely N-dealkylation sites (tertiary alicyclic amines) is 1. The van der Waals surface area contributed by atoms with Gasteiger partial charge in [-0.1, -0.05) is 13.8 Å². The summed E-state index contributed by atoms with van der Waals surface area (Å²) in [6, 6.07) is -0.168. The average molecular weight is 211 g/mol. The molecule has 0 aromatic rings. The van der Waals surface area contributed by atoms with Crippen LogP contribution in [0.2, 0.25) is 0 Å². The Kier molecular flexibility index (Phi) is 2.15. The van der Waals surface area contributed by atoms with Crippen LogP contribution in [0, 0.1) is 17.3 Å². The molecule has 3 unspecified atom stereocenters. The van der Waals surface area contributed by atoms with Gasteiger partial charge in [-0.05, 0) is 18.8 Å². The van der Waals surface area contributed by atoms with Crippen LogP contribution < -0.4 is 0 Å². The molecule has 2 rings (SSSR count). The molecule has 4 heteroatoms. The molecule has 0 aromatic heterocycles. The molecule has 0 spiro atoms. The van der Waals surface area contributed by atoms with Crippen molar-refractivity contribution in [2.24, 2.45) is 17.3 Å². The molecular formula is C11H17NO3. The Labute approximate surface area is 89.3 Å². The van der Waals surface area contributed by atoms with Crippen molar-refractivity contribution in [1.29, 1.82) is 0 Å². The Hall–Kier alpha value is -0.900. The van der Waals surface area contributed by atoms with Gasteiger partial charge in [0.25, 0.3) is 0 Å². The number of fused-ring (bicyclic) bond motifs is 1. The van der Waals surface area contributed by atoms with E-state index >= 15 is 0 Å². The fourth-order valence-corrected chi connectivity index (χ4v) is 2.72. The third kappa shape index (κ3) is 1.24. The van der Waals surface area contributed by atoms with Gasteiger partial charge in [-0.25, -0.2) is 0 Å². The van der Waals surface area contributed by atoms with Crippen LogP contribution in [0.1, 0.15) is 27.2 Å². The van der Waals surface area contributed by atoms with Gasteiger partial charge in [-0.15, -0.1) is 0 Å². The Morgan fingerprint density at radius 3 is 2.20 bits per heavy atom. The van der Waals surface area contributed by atoms with Crippen LogP contribution in [0.3, 0.4) is 0 Å². The fraction of sp³-hybridized carbons (Fsp3) is 0.818. The van der Waals surface area contributed by atoms with Gasteiger partial charge in [0, 0.05) is 12.6 Å². The number of aliphatic hydroxyl groups is 1. The summed E-state index contributed by atoms with van der Waals surface area (Å²) in [5.74, 6) is -0.302. The summed E-state index contributed by atoms with van der Waals surface area (Å²) in [4.78, 5) is 25.2. The number of aliphatic hydroxyl groups excluding tert-OH is 1. The van der Waals surface area contributed by atoms with Gasteiger partial charge >= 0.3 is 0 Å². The second kappa shape index (κ2) is 3.04. The second-order valence-electron chi connectivity index (χ2n) is 5.18. The minimum absolute atomic E-state index is 0.0109. The van der Waals surface area contributed by atoms with Crippen molar-refractivity contribution in [3.8, 4) is 0 Å². The van der Waals surface area contributed by atoms with Gasteiger partial charge in [-0.3, -0.25) is 14.5 Å². The normalized spacial score (nSPS) is 34.3. The highest BCUT2D eigenvalue weighted by Crippen LogP contribution is 2.63. The monoisotopic (exact) mass is 211 g/mol. The molecule has 1 heterocycles. The summed E-state index contributed by atoms with van der Waals surface area (Å²) in [6.07, 6.45) is 0.470. The summed E-state index contributed by atoms with van der Waals surface area (Å²) < 4.78 is 0. The number of hydrogen-bond acceptors (Lipinski definition) is 3. The van der Waals surface area contributed by atoms with E-state index in [4.69, 9.17) is 5.11 Å². The molecule has 1 N–H and O–H groups in total. The van der Waals surface area contributed by atoms with Crippen LogP contribution in [0.15, 0.2) is 0 Å². The molecule has 0 radical (unpaired) electrons. The topological polar surface area (TPSA) is 57.6 Å². The summed E-state index contributed by atoms with van der Waals surface area (Å²) in [5, 5.41) is 8.80. The molecule has 84 valence electrons. The number of rotatable bonds is 3. The Morgan fingerprint density at radius 1 is 1.33 bits per heavy atom. The van der Waals surface area contributed by atoms with E-state index < -0.39 is 0 Å². The first-order valence-electron chi connectivity index (χ1n) is 5.40. The van der Waals surface area contributed by atoms with Crippen LogP contribution >= 0.6 is 0 Å². The van der Waals surface area contributed by atoms with Crippen molar-refractivity contribution in [3.05, 3.63) is 0 Å². The van der Waals surface area contributed by atoms with E-state index in [1.165, 1.54) is 4.90 Å². The van der Waals surface area contributed by atoms with E-state index in [-0.39, 0.29) is 41.7 Å². The summed E-state index contributed by atoms with van der Waals surface area (Å²) >= 11 is 0. The SMILES string of the molecule is CC(CCO)N1C(=O)C2C(C1=O)C2(C)C. The number of nitrogens with zero attached hydrogens (tertiary/aromatic N) is 1. The second-order valence-corrected chi connectivity index (χ2v) is 5.18. The molecule has 1 aliphatic carbocycles. The number of carbonyl (C=O) groups is 2. The highest BCUT2D eigenvalue weighted by atomic mass is 16.3. The highest BCUT2D eigenvalue weighted by molar-refractivity contribution is 6.10. The first-order valence-corrected chi connectivity index (χ1v) is 5.40. The maximum atomic E-state index is 11.9. The molecule has 0 bridgehead atoms. The van der Waals surface area contributed by atoms with Crippen LogP contribution in [-0.4, -0.2) is 34.5 Å². The fourth-order valence-electron chi connectivity index (χ4n) is 2.72. The van der Waals surface area contributed by atoms with Crippen molar-refractivity contribution in [2.75, 3.05) is 6.61 Å². The van der Waals surface area contributed by atoms with Gasteiger partial charge in [0.05, 0.1) is 11.8 Å². The summed E-state index contributed by atoms with van der Waals surface area (Å²) in [7, 11) is 0. The number of piperidine rings is 1. The lowest BCUT2D eigenvalue weighted by atomic mass is 10.0. The summed E-state index contributed by atoms with van der Waals surface area (Å²) in [6.45, 7) is 5.75. The van der Waals surface area contributed by atoms with E-state index in [1.807, 2.05) is 20.8 Å². The third-order valence-corrected chi connectivity index (χ3v) is 3.82. The van der Waals surface area contributed by atoms with Crippen molar-refractivity contribution >= 4 is 11.8 Å². The van der Waals surface area contributed by atoms with Gasteiger partial charge in [0.1, 0.15) is 0 Å². The van der Waals surface area contributed by atoms with Crippen molar-refractivity contribution in [3.63, 3.8) is 0 Å². The molecule has 2 fully saturated rings. The summed E-state index contributed by atoms with van der Waals surface area (Å²) in [5.41, 5.74) is -0.135. The molecule has 1 saturated heterocycles. The standard InChI is InChI=1S/C11H17NO3/c1-6(4-5-13)12-9(14)7-8(10(12)15)11(7,2)3/h6-8,13H,4-5H2,1-3H3. The maximum absolute atomic E-state index is 11.9. The number of imide groups is 1. The zero-order valence-corrected chi connectivity index (χ0v) is 9.36. The molecule has 3 atom stereocenters. The zero-order valence-electron chi connectivity index (χ0n) is 9.36. The van der Waals surface area contributed by atoms with E-state index in [9.17, 15) is 9.59 Å². The molecule has 1 aliphatic heterocycles. The number of amides is 2. The smallest absolute Gasteiger partial charge is 0.233 e. The van der Waals surface area contributed by atoms with Crippen LogP contribution in [0.4, 0.5) is 0 Å². The van der Waals surface area contributed by atoms with Crippen molar-refractivity contribution in [1.82, 2.24) is 4.90 Å². The van der Waals surface area contributed by atoms with Gasteiger partial charge < -0.3 is 5.11 Å². The van der Waals surface area contributed by atoms with Crippen LogP contribution in [0.5, 0.6) is 0 Å². The number of carbonyl (C=O) groups excluding carboxylic acids is 2. The average Bonchev–Trinajstić information content (AvgIpc) is 2.56. The zero-order chi connectivity index (χ0) is 11.4. The third-order valence-electron chi connectivity index (χ3n) is 3.82. The van der Waals surface area contributed by atoms with E-state index in [0.717, 1.165) is 0 Å². The predicted octanol–water partition coefficient (Wildman–Crippen LogP) is 0.398. The molecule has 0 aromatic carbocycles.